The summed E-state index contributed by atoms with van der Waals surface area (Å²) in [6, 6.07) is 0. The van der Waals surface area contributed by atoms with Gasteiger partial charge in [-0.3, -0.25) is 4.99 Å². The molecule has 0 spiro atoms. The molecule has 0 rings (SSSR count). The summed E-state index contributed by atoms with van der Waals surface area (Å²) in [5, 5.41) is 3.05. The minimum Gasteiger partial charge on any atom is -0.350 e. The average Bonchev–Trinajstić information content (AvgIpc) is 1.84. The van der Waals surface area contributed by atoms with Crippen LogP contribution in [0.5, 0.6) is 0 Å². The highest BCUT2D eigenvalue weighted by atomic mass is 15.0. The fraction of sp³-hybridized carbons (Fsp3) is 0.700. The summed E-state index contributed by atoms with van der Waals surface area (Å²) < 4.78 is 0. The fourth-order valence-electron chi connectivity index (χ4n) is 0.476. The zero-order valence-electron chi connectivity index (χ0n) is 8.81. The van der Waals surface area contributed by atoms with Crippen LogP contribution >= 0.6 is 0 Å². The third kappa shape index (κ3) is 5.96. The van der Waals surface area contributed by atoms with Crippen molar-refractivity contribution in [3.63, 3.8) is 0 Å². The number of rotatable bonds is 3. The number of nitrogens with zero attached hydrogens (tertiary/aromatic N) is 1. The largest absolute Gasteiger partial charge is 0.350 e. The van der Waals surface area contributed by atoms with Crippen molar-refractivity contribution in [2.24, 2.45) is 10.9 Å². The van der Waals surface area contributed by atoms with Crippen LogP contribution in [0.15, 0.2) is 17.3 Å². The molecule has 0 aliphatic rings. The van der Waals surface area contributed by atoms with E-state index in [0.29, 0.717) is 5.92 Å². The Hall–Kier alpha value is -0.790. The summed E-state index contributed by atoms with van der Waals surface area (Å²) in [6.45, 7) is 14.2. The first kappa shape index (κ1) is 11.2. The van der Waals surface area contributed by atoms with E-state index in [1.165, 1.54) is 0 Å². The van der Waals surface area contributed by atoms with Gasteiger partial charge in [0.05, 0.1) is 11.9 Å². The molecule has 0 aliphatic heterocycles. The zero-order valence-corrected chi connectivity index (χ0v) is 8.81. The van der Waals surface area contributed by atoms with Crippen LogP contribution in [-0.2, 0) is 0 Å². The Morgan fingerprint density at radius 3 is 2.25 bits per heavy atom. The maximum Gasteiger partial charge on any atom is 0.0871 e. The molecular formula is C10H20N2. The molecular weight excluding hydrogens is 148 g/mol. The second kappa shape index (κ2) is 4.29. The minimum absolute atomic E-state index is 0.00966. The van der Waals surface area contributed by atoms with Crippen molar-refractivity contribution in [2.45, 2.75) is 40.2 Å². The molecule has 2 heteroatoms. The van der Waals surface area contributed by atoms with Gasteiger partial charge < -0.3 is 5.32 Å². The van der Waals surface area contributed by atoms with E-state index in [-0.39, 0.29) is 5.54 Å². The highest BCUT2D eigenvalue weighted by Gasteiger charge is 2.04. The van der Waals surface area contributed by atoms with Crippen LogP contribution in [0, 0.1) is 5.92 Å². The SMILES string of the molecule is C=C(NC=NC(C)(C)C)C(C)C. The second-order valence-electron chi connectivity index (χ2n) is 4.25. The van der Waals surface area contributed by atoms with E-state index in [1.54, 1.807) is 6.34 Å². The number of allylic oxidation sites excluding steroid dienone is 1. The molecule has 0 saturated heterocycles. The van der Waals surface area contributed by atoms with E-state index in [2.05, 4.69) is 51.5 Å². The van der Waals surface area contributed by atoms with Crippen molar-refractivity contribution in [3.8, 4) is 0 Å². The normalized spacial score (nSPS) is 12.5. The number of hydrogen-bond donors (Lipinski definition) is 1. The van der Waals surface area contributed by atoms with E-state index in [4.69, 9.17) is 0 Å². The molecule has 0 aromatic rings. The lowest BCUT2D eigenvalue weighted by molar-refractivity contribution is 0.583. The monoisotopic (exact) mass is 168 g/mol. The summed E-state index contributed by atoms with van der Waals surface area (Å²) in [4.78, 5) is 4.28. The van der Waals surface area contributed by atoms with Crippen LogP contribution in [0.3, 0.4) is 0 Å². The van der Waals surface area contributed by atoms with Gasteiger partial charge in [-0.1, -0.05) is 20.4 Å². The highest BCUT2D eigenvalue weighted by Crippen LogP contribution is 2.05. The summed E-state index contributed by atoms with van der Waals surface area (Å²) in [7, 11) is 0. The summed E-state index contributed by atoms with van der Waals surface area (Å²) in [5.74, 6) is 0.455. The first-order chi connectivity index (χ1) is 5.33. The summed E-state index contributed by atoms with van der Waals surface area (Å²) >= 11 is 0. The van der Waals surface area contributed by atoms with Gasteiger partial charge >= 0.3 is 0 Å². The molecule has 0 heterocycles. The summed E-state index contributed by atoms with van der Waals surface area (Å²) in [6.07, 6.45) is 1.72. The molecule has 12 heavy (non-hydrogen) atoms. The Morgan fingerprint density at radius 1 is 1.42 bits per heavy atom. The lowest BCUT2D eigenvalue weighted by Gasteiger charge is -2.13. The molecule has 0 aromatic heterocycles. The van der Waals surface area contributed by atoms with Gasteiger partial charge in [0.2, 0.25) is 0 Å². The predicted molar refractivity (Wildman–Crippen MR) is 55.4 cm³/mol. The predicted octanol–water partition coefficient (Wildman–Crippen LogP) is 2.57. The van der Waals surface area contributed by atoms with Crippen LogP contribution in [-0.4, -0.2) is 11.9 Å². The Labute approximate surface area is 75.8 Å². The molecule has 0 aliphatic carbocycles. The quantitative estimate of drug-likeness (QED) is 0.508. The molecule has 1 N–H and O–H groups in total. The van der Waals surface area contributed by atoms with Crippen LogP contribution in [0.1, 0.15) is 34.6 Å². The Morgan fingerprint density at radius 2 is 1.92 bits per heavy atom. The van der Waals surface area contributed by atoms with Crippen molar-refractivity contribution in [2.75, 3.05) is 0 Å². The second-order valence-corrected chi connectivity index (χ2v) is 4.25. The van der Waals surface area contributed by atoms with Crippen molar-refractivity contribution < 1.29 is 0 Å². The zero-order chi connectivity index (χ0) is 9.78. The van der Waals surface area contributed by atoms with Gasteiger partial charge in [0.15, 0.2) is 0 Å². The van der Waals surface area contributed by atoms with Gasteiger partial charge in [-0.25, -0.2) is 0 Å². The van der Waals surface area contributed by atoms with E-state index in [0.717, 1.165) is 5.70 Å². The van der Waals surface area contributed by atoms with Crippen molar-refractivity contribution in [1.82, 2.24) is 5.32 Å². The van der Waals surface area contributed by atoms with E-state index in [1.807, 2.05) is 0 Å². The topological polar surface area (TPSA) is 24.4 Å². The first-order valence-electron chi connectivity index (χ1n) is 4.32. The Bertz CT molecular complexity index is 173. The standard InChI is InChI=1S/C10H20N2/c1-8(2)9(3)11-7-12-10(4,5)6/h7-8H,3H2,1-2,4-6H3,(H,11,12). The molecule has 0 saturated carbocycles. The van der Waals surface area contributed by atoms with E-state index < -0.39 is 0 Å². The summed E-state index contributed by atoms with van der Waals surface area (Å²) in [5.41, 5.74) is 0.993. The number of aliphatic imine (C=N–C) groups is 1. The smallest absolute Gasteiger partial charge is 0.0871 e. The van der Waals surface area contributed by atoms with Crippen LogP contribution in [0.2, 0.25) is 0 Å². The van der Waals surface area contributed by atoms with Crippen LogP contribution in [0.25, 0.3) is 0 Å². The average molecular weight is 168 g/mol. The van der Waals surface area contributed by atoms with Gasteiger partial charge in [-0.2, -0.15) is 0 Å². The Balaban J connectivity index is 3.84. The van der Waals surface area contributed by atoms with Crippen molar-refractivity contribution >= 4 is 6.34 Å². The highest BCUT2D eigenvalue weighted by molar-refractivity contribution is 5.57. The van der Waals surface area contributed by atoms with E-state index in [9.17, 15) is 0 Å². The number of hydrogen-bond acceptors (Lipinski definition) is 1. The molecule has 0 fully saturated rings. The maximum absolute atomic E-state index is 4.28. The maximum atomic E-state index is 4.28. The van der Waals surface area contributed by atoms with Gasteiger partial charge in [0.25, 0.3) is 0 Å². The molecule has 70 valence electrons. The van der Waals surface area contributed by atoms with Crippen molar-refractivity contribution in [1.29, 1.82) is 0 Å². The van der Waals surface area contributed by atoms with Crippen molar-refractivity contribution in [3.05, 3.63) is 12.3 Å². The van der Waals surface area contributed by atoms with Crippen LogP contribution in [0.4, 0.5) is 0 Å². The van der Waals surface area contributed by atoms with Gasteiger partial charge in [-0.15, -0.1) is 0 Å². The third-order valence-electron chi connectivity index (χ3n) is 1.40. The lowest BCUT2D eigenvalue weighted by Crippen LogP contribution is -2.18. The van der Waals surface area contributed by atoms with Gasteiger partial charge in [0.1, 0.15) is 0 Å². The lowest BCUT2D eigenvalue weighted by atomic mass is 10.1. The first-order valence-corrected chi connectivity index (χ1v) is 4.32. The fourth-order valence-corrected chi connectivity index (χ4v) is 0.476. The molecule has 0 amide bonds. The molecule has 0 radical (unpaired) electrons. The van der Waals surface area contributed by atoms with Crippen LogP contribution < -0.4 is 5.32 Å². The molecule has 0 aromatic carbocycles. The molecule has 0 atom stereocenters. The number of nitrogens with one attached hydrogen (secondary N) is 1. The van der Waals surface area contributed by atoms with E-state index >= 15 is 0 Å². The molecule has 0 unspecified atom stereocenters. The Kier molecular flexibility index (Phi) is 4.01. The molecule has 0 bridgehead atoms. The minimum atomic E-state index is -0.00966. The van der Waals surface area contributed by atoms with Gasteiger partial charge in [-0.05, 0) is 26.7 Å². The molecule has 2 nitrogen and oxygen atoms in total. The van der Waals surface area contributed by atoms with Gasteiger partial charge in [0, 0.05) is 5.70 Å². The third-order valence-corrected chi connectivity index (χ3v) is 1.40.